The van der Waals surface area contributed by atoms with E-state index in [0.717, 1.165) is 28.7 Å². The lowest BCUT2D eigenvalue weighted by Crippen LogP contribution is -2.27. The molecule has 31 heavy (non-hydrogen) atoms. The molecule has 7 nitrogen and oxygen atoms in total. The van der Waals surface area contributed by atoms with E-state index in [2.05, 4.69) is 38.7 Å². The summed E-state index contributed by atoms with van der Waals surface area (Å²) in [7, 11) is 1.67. The predicted octanol–water partition coefficient (Wildman–Crippen LogP) is 3.52. The number of aromatic amines is 1. The minimum atomic E-state index is -0.0177. The van der Waals surface area contributed by atoms with Gasteiger partial charge in [-0.1, -0.05) is 60.3 Å². The number of thioether (sulfide) groups is 1. The van der Waals surface area contributed by atoms with Gasteiger partial charge >= 0.3 is 0 Å². The maximum atomic E-state index is 12.3. The lowest BCUT2D eigenvalue weighted by Gasteiger charge is -2.09. The normalized spacial score (nSPS) is 11.1. The first-order chi connectivity index (χ1) is 15.3. The zero-order valence-electron chi connectivity index (χ0n) is 17.4. The first kappa shape index (κ1) is 21.1. The van der Waals surface area contributed by atoms with Crippen LogP contribution in [0.5, 0.6) is 0 Å². The van der Waals surface area contributed by atoms with Crippen LogP contribution in [-0.4, -0.2) is 51.7 Å². The van der Waals surface area contributed by atoms with Gasteiger partial charge in [0, 0.05) is 36.3 Å². The second-order valence-corrected chi connectivity index (χ2v) is 8.02. The fourth-order valence-corrected chi connectivity index (χ4v) is 4.20. The van der Waals surface area contributed by atoms with Crippen LogP contribution in [0.15, 0.2) is 66.0 Å². The summed E-state index contributed by atoms with van der Waals surface area (Å²) in [4.78, 5) is 15.6. The molecule has 2 N–H and O–H groups in total. The molecule has 0 spiro atoms. The molecular weight excluding hydrogens is 410 g/mol. The lowest BCUT2D eigenvalue weighted by molar-refractivity contribution is -0.118. The van der Waals surface area contributed by atoms with Crippen molar-refractivity contribution in [1.82, 2.24) is 25.1 Å². The minimum absolute atomic E-state index is 0.0177. The number of aromatic nitrogens is 4. The molecule has 2 aromatic carbocycles. The number of H-pyrrole nitrogens is 1. The number of methoxy groups -OCH3 is 1. The third kappa shape index (κ3) is 5.15. The zero-order chi connectivity index (χ0) is 21.5. The fourth-order valence-electron chi connectivity index (χ4n) is 3.41. The van der Waals surface area contributed by atoms with E-state index in [1.54, 1.807) is 7.11 Å². The number of benzene rings is 2. The SMILES string of the molecule is COCCn1c(SCC(=O)NCCc2ccccc2)nnc1-c1c[nH]c2ccccc12. The largest absolute Gasteiger partial charge is 0.383 e. The van der Waals surface area contributed by atoms with Gasteiger partial charge in [-0.2, -0.15) is 0 Å². The number of hydrogen-bond donors (Lipinski definition) is 2. The van der Waals surface area contributed by atoms with Gasteiger partial charge < -0.3 is 15.0 Å². The van der Waals surface area contributed by atoms with Crippen LogP contribution in [0.1, 0.15) is 5.56 Å². The average Bonchev–Trinajstić information content (AvgIpc) is 3.40. The molecule has 1 amide bonds. The van der Waals surface area contributed by atoms with Crippen LogP contribution in [0.25, 0.3) is 22.3 Å². The monoisotopic (exact) mass is 435 g/mol. The summed E-state index contributed by atoms with van der Waals surface area (Å²) in [6.07, 6.45) is 2.76. The van der Waals surface area contributed by atoms with Crippen molar-refractivity contribution in [2.75, 3.05) is 26.0 Å². The van der Waals surface area contributed by atoms with Crippen LogP contribution in [0, 0.1) is 0 Å². The van der Waals surface area contributed by atoms with Crippen LogP contribution < -0.4 is 5.32 Å². The molecular formula is C23H25N5O2S. The summed E-state index contributed by atoms with van der Waals surface area (Å²) in [6, 6.07) is 18.2. The van der Waals surface area contributed by atoms with Gasteiger partial charge in [0.25, 0.3) is 0 Å². The third-order valence-electron chi connectivity index (χ3n) is 4.98. The van der Waals surface area contributed by atoms with Crippen LogP contribution in [-0.2, 0) is 22.5 Å². The van der Waals surface area contributed by atoms with Crippen molar-refractivity contribution in [1.29, 1.82) is 0 Å². The molecule has 2 heterocycles. The number of carbonyl (C=O) groups is 1. The quantitative estimate of drug-likeness (QED) is 0.372. The average molecular weight is 436 g/mol. The second kappa shape index (κ2) is 10.3. The van der Waals surface area contributed by atoms with Gasteiger partial charge in [-0.25, -0.2) is 0 Å². The number of fused-ring (bicyclic) bond motifs is 1. The highest BCUT2D eigenvalue weighted by atomic mass is 32.2. The van der Waals surface area contributed by atoms with Crippen molar-refractivity contribution in [2.45, 2.75) is 18.1 Å². The highest BCUT2D eigenvalue weighted by Gasteiger charge is 2.18. The van der Waals surface area contributed by atoms with E-state index in [1.807, 2.05) is 47.2 Å². The van der Waals surface area contributed by atoms with E-state index in [9.17, 15) is 4.79 Å². The number of amides is 1. The van der Waals surface area contributed by atoms with Crippen molar-refractivity contribution in [3.8, 4) is 11.4 Å². The maximum absolute atomic E-state index is 12.3. The second-order valence-electron chi connectivity index (χ2n) is 7.07. The molecule has 0 bridgehead atoms. The molecule has 0 atom stereocenters. The maximum Gasteiger partial charge on any atom is 0.230 e. The highest BCUT2D eigenvalue weighted by molar-refractivity contribution is 7.99. The summed E-state index contributed by atoms with van der Waals surface area (Å²) in [5, 5.41) is 13.6. The summed E-state index contributed by atoms with van der Waals surface area (Å²) in [5.41, 5.74) is 3.24. The first-order valence-corrected chi connectivity index (χ1v) is 11.2. The Morgan fingerprint density at radius 3 is 2.77 bits per heavy atom. The number of rotatable bonds is 10. The third-order valence-corrected chi connectivity index (χ3v) is 5.94. The van der Waals surface area contributed by atoms with E-state index in [1.165, 1.54) is 17.3 Å². The molecule has 0 aliphatic carbocycles. The molecule has 0 radical (unpaired) electrons. The number of para-hydroxylation sites is 1. The van der Waals surface area contributed by atoms with Gasteiger partial charge in [0.1, 0.15) is 0 Å². The van der Waals surface area contributed by atoms with E-state index >= 15 is 0 Å². The van der Waals surface area contributed by atoms with Crippen molar-refractivity contribution in [3.05, 3.63) is 66.4 Å². The molecule has 0 unspecified atom stereocenters. The standard InChI is InChI=1S/C23H25N5O2S/c1-30-14-13-28-22(19-15-25-20-10-6-5-9-18(19)20)26-27-23(28)31-16-21(29)24-12-11-17-7-3-2-4-8-17/h2-10,15,25H,11-14,16H2,1H3,(H,24,29). The minimum Gasteiger partial charge on any atom is -0.383 e. The number of nitrogens with zero attached hydrogens (tertiary/aromatic N) is 3. The van der Waals surface area contributed by atoms with Gasteiger partial charge in [-0.05, 0) is 18.1 Å². The first-order valence-electron chi connectivity index (χ1n) is 10.2. The Morgan fingerprint density at radius 1 is 1.13 bits per heavy atom. The molecule has 0 saturated heterocycles. The van der Waals surface area contributed by atoms with Crippen molar-refractivity contribution in [3.63, 3.8) is 0 Å². The van der Waals surface area contributed by atoms with E-state index in [0.29, 0.717) is 24.9 Å². The van der Waals surface area contributed by atoms with Gasteiger partial charge in [0.05, 0.1) is 18.9 Å². The number of carbonyl (C=O) groups excluding carboxylic acids is 1. The molecule has 8 heteroatoms. The summed E-state index contributed by atoms with van der Waals surface area (Å²) < 4.78 is 7.29. The summed E-state index contributed by atoms with van der Waals surface area (Å²) in [5.74, 6) is 1.03. The van der Waals surface area contributed by atoms with Crippen molar-refractivity contribution >= 4 is 28.6 Å². The molecule has 160 valence electrons. The molecule has 0 aliphatic rings. The Morgan fingerprint density at radius 2 is 1.94 bits per heavy atom. The molecule has 4 rings (SSSR count). The fraction of sp³-hybridized carbons (Fsp3) is 0.261. The van der Waals surface area contributed by atoms with Crippen LogP contribution in [0.2, 0.25) is 0 Å². The van der Waals surface area contributed by atoms with Gasteiger partial charge in [0.15, 0.2) is 11.0 Å². The Balaban J connectivity index is 1.42. The summed E-state index contributed by atoms with van der Waals surface area (Å²) >= 11 is 1.39. The summed E-state index contributed by atoms with van der Waals surface area (Å²) in [6.45, 7) is 1.75. The van der Waals surface area contributed by atoms with Crippen molar-refractivity contribution < 1.29 is 9.53 Å². The van der Waals surface area contributed by atoms with Gasteiger partial charge in [0.2, 0.25) is 5.91 Å². The van der Waals surface area contributed by atoms with Gasteiger partial charge in [-0.3, -0.25) is 9.36 Å². The Hall–Kier alpha value is -3.10. The van der Waals surface area contributed by atoms with Crippen LogP contribution in [0.3, 0.4) is 0 Å². The van der Waals surface area contributed by atoms with E-state index in [4.69, 9.17) is 4.74 Å². The lowest BCUT2D eigenvalue weighted by atomic mass is 10.1. The number of ether oxygens (including phenoxy) is 1. The Kier molecular flexibility index (Phi) is 7.01. The molecule has 0 aliphatic heterocycles. The zero-order valence-corrected chi connectivity index (χ0v) is 18.2. The number of nitrogens with one attached hydrogen (secondary N) is 2. The van der Waals surface area contributed by atoms with E-state index < -0.39 is 0 Å². The Bertz CT molecular complexity index is 1140. The van der Waals surface area contributed by atoms with Crippen molar-refractivity contribution in [2.24, 2.45) is 0 Å². The molecule has 0 fully saturated rings. The highest BCUT2D eigenvalue weighted by Crippen LogP contribution is 2.29. The topological polar surface area (TPSA) is 84.8 Å². The molecule has 4 aromatic rings. The van der Waals surface area contributed by atoms with E-state index in [-0.39, 0.29) is 11.7 Å². The molecule has 2 aromatic heterocycles. The number of hydrogen-bond acceptors (Lipinski definition) is 5. The predicted molar refractivity (Wildman–Crippen MR) is 123 cm³/mol. The van der Waals surface area contributed by atoms with Gasteiger partial charge in [-0.15, -0.1) is 10.2 Å². The van der Waals surface area contributed by atoms with Crippen LogP contribution in [0.4, 0.5) is 0 Å². The Labute approximate surface area is 185 Å². The molecule has 0 saturated carbocycles. The smallest absolute Gasteiger partial charge is 0.230 e. The van der Waals surface area contributed by atoms with Crippen LogP contribution >= 0.6 is 11.8 Å².